The zero-order valence-electron chi connectivity index (χ0n) is 47.7. The van der Waals surface area contributed by atoms with Crippen LogP contribution in [-0.2, 0) is 28.6 Å². The Bertz CT molecular complexity index is 1340. The number of carbonyl (C=O) groups is 3. The first-order valence-electron chi connectivity index (χ1n) is 30.9. The SMILES string of the molecule is CC/C=C\C/C=C\C/C=C\CCCCCC(=O)OCC(COC(=O)CCCCCCCCCCCCCCC/C=C\C/C=C\CCCCCCC)OC(=O)CCCCCCC/C=C\CCCCCCCCC. The summed E-state index contributed by atoms with van der Waals surface area (Å²) in [7, 11) is 0. The topological polar surface area (TPSA) is 78.9 Å². The van der Waals surface area contributed by atoms with Gasteiger partial charge in [0, 0.05) is 19.3 Å². The number of hydrogen-bond acceptors (Lipinski definition) is 6. The van der Waals surface area contributed by atoms with Gasteiger partial charge < -0.3 is 14.2 Å². The highest BCUT2D eigenvalue weighted by Gasteiger charge is 2.19. The Balaban J connectivity index is 4.30. The third-order valence-corrected chi connectivity index (χ3v) is 13.4. The van der Waals surface area contributed by atoms with E-state index in [0.29, 0.717) is 19.3 Å². The van der Waals surface area contributed by atoms with Crippen LogP contribution in [-0.4, -0.2) is 37.2 Å². The van der Waals surface area contributed by atoms with Gasteiger partial charge in [0.1, 0.15) is 13.2 Å². The smallest absolute Gasteiger partial charge is 0.306 e. The third-order valence-electron chi connectivity index (χ3n) is 13.4. The fourth-order valence-electron chi connectivity index (χ4n) is 8.78. The third kappa shape index (κ3) is 57.7. The van der Waals surface area contributed by atoms with Crippen molar-refractivity contribution in [3.05, 3.63) is 72.9 Å². The van der Waals surface area contributed by atoms with E-state index >= 15 is 0 Å². The van der Waals surface area contributed by atoms with Gasteiger partial charge in [-0.15, -0.1) is 0 Å². The monoisotopic (exact) mass is 1000 g/mol. The van der Waals surface area contributed by atoms with Crippen molar-refractivity contribution in [3.63, 3.8) is 0 Å². The van der Waals surface area contributed by atoms with Gasteiger partial charge in [-0.2, -0.15) is 0 Å². The normalized spacial score (nSPS) is 12.5. The molecular weight excluding hydrogens is 889 g/mol. The summed E-state index contributed by atoms with van der Waals surface area (Å²) in [5, 5.41) is 0. The summed E-state index contributed by atoms with van der Waals surface area (Å²) in [5.74, 6) is -0.916. The molecule has 1 unspecified atom stereocenters. The zero-order chi connectivity index (χ0) is 52.2. The van der Waals surface area contributed by atoms with Crippen LogP contribution >= 0.6 is 0 Å². The molecule has 0 amide bonds. The summed E-state index contributed by atoms with van der Waals surface area (Å²) in [6.45, 7) is 6.51. The van der Waals surface area contributed by atoms with Crippen molar-refractivity contribution in [2.24, 2.45) is 0 Å². The van der Waals surface area contributed by atoms with Gasteiger partial charge in [0.2, 0.25) is 0 Å². The Kier molecular flexibility index (Phi) is 57.8. The summed E-state index contributed by atoms with van der Waals surface area (Å²) < 4.78 is 16.9. The standard InChI is InChI=1S/C66H116O6/c1-4-7-10-13-16-19-22-25-27-29-30-31-32-33-34-35-36-37-39-41-44-47-50-53-56-59-65(68)71-62-63(61-70-64(67)58-55-52-49-46-43-40-24-21-18-15-12-9-6-3)72-66(69)60-57-54-51-48-45-42-38-28-26-23-20-17-14-11-8-5-2/h9,12,18,21-22,25,28-30,38,40,43,63H,4-8,10-11,13-17,19-20,23-24,26-27,31-37,39,41-42,44-62H2,1-3H3/b12-9-,21-18-,25-22-,30-29-,38-28-,43-40-. The average molecular weight is 1010 g/mol. The molecule has 0 bridgehead atoms. The number of unbranched alkanes of at least 4 members (excludes halogenated alkanes) is 33. The van der Waals surface area contributed by atoms with Crippen LogP contribution in [0.15, 0.2) is 72.9 Å². The zero-order valence-corrected chi connectivity index (χ0v) is 47.7. The van der Waals surface area contributed by atoms with Gasteiger partial charge in [-0.3, -0.25) is 14.4 Å². The lowest BCUT2D eigenvalue weighted by Gasteiger charge is -2.18. The van der Waals surface area contributed by atoms with Crippen LogP contribution in [0.25, 0.3) is 0 Å². The lowest BCUT2D eigenvalue weighted by atomic mass is 10.0. The van der Waals surface area contributed by atoms with E-state index in [9.17, 15) is 14.4 Å². The van der Waals surface area contributed by atoms with Crippen molar-refractivity contribution in [3.8, 4) is 0 Å². The highest BCUT2D eigenvalue weighted by Crippen LogP contribution is 2.16. The van der Waals surface area contributed by atoms with Crippen molar-refractivity contribution in [1.29, 1.82) is 0 Å². The van der Waals surface area contributed by atoms with Gasteiger partial charge in [0.15, 0.2) is 6.10 Å². The van der Waals surface area contributed by atoms with E-state index in [2.05, 4.69) is 93.7 Å². The van der Waals surface area contributed by atoms with Crippen LogP contribution in [0.3, 0.4) is 0 Å². The molecule has 416 valence electrons. The summed E-state index contributed by atoms with van der Waals surface area (Å²) in [5.41, 5.74) is 0. The Morgan fingerprint density at radius 3 is 0.875 bits per heavy atom. The van der Waals surface area contributed by atoms with Gasteiger partial charge in [-0.1, -0.05) is 254 Å². The number of allylic oxidation sites excluding steroid dienone is 12. The molecule has 0 heterocycles. The van der Waals surface area contributed by atoms with E-state index in [1.165, 1.54) is 167 Å². The van der Waals surface area contributed by atoms with Crippen LogP contribution in [0.1, 0.15) is 310 Å². The van der Waals surface area contributed by atoms with Crippen LogP contribution in [0.2, 0.25) is 0 Å². The maximum atomic E-state index is 12.9. The Labute approximate surface area is 446 Å². The molecule has 6 heteroatoms. The van der Waals surface area contributed by atoms with Gasteiger partial charge in [-0.25, -0.2) is 0 Å². The second-order valence-electron chi connectivity index (χ2n) is 20.6. The van der Waals surface area contributed by atoms with Crippen molar-refractivity contribution in [2.45, 2.75) is 316 Å². The van der Waals surface area contributed by atoms with Gasteiger partial charge in [-0.05, 0) is 109 Å². The highest BCUT2D eigenvalue weighted by atomic mass is 16.6. The van der Waals surface area contributed by atoms with E-state index in [1.807, 2.05) is 0 Å². The summed E-state index contributed by atoms with van der Waals surface area (Å²) in [6.07, 6.45) is 77.7. The molecule has 6 nitrogen and oxygen atoms in total. The molecule has 0 rings (SSSR count). The lowest BCUT2D eigenvalue weighted by Crippen LogP contribution is -2.30. The Morgan fingerprint density at radius 2 is 0.542 bits per heavy atom. The predicted molar refractivity (Wildman–Crippen MR) is 311 cm³/mol. The molecule has 0 aromatic rings. The molecule has 0 aliphatic heterocycles. The van der Waals surface area contributed by atoms with Crippen LogP contribution in [0.5, 0.6) is 0 Å². The molecule has 72 heavy (non-hydrogen) atoms. The maximum Gasteiger partial charge on any atom is 0.306 e. The van der Waals surface area contributed by atoms with Gasteiger partial charge in [0.05, 0.1) is 0 Å². The molecule has 0 fully saturated rings. The average Bonchev–Trinajstić information content (AvgIpc) is 3.38. The highest BCUT2D eigenvalue weighted by molar-refractivity contribution is 5.71. The van der Waals surface area contributed by atoms with E-state index in [1.54, 1.807) is 0 Å². The van der Waals surface area contributed by atoms with Crippen LogP contribution < -0.4 is 0 Å². The second kappa shape index (κ2) is 60.4. The lowest BCUT2D eigenvalue weighted by molar-refractivity contribution is -0.167. The van der Waals surface area contributed by atoms with Crippen molar-refractivity contribution >= 4 is 17.9 Å². The number of rotatable bonds is 56. The minimum absolute atomic E-state index is 0.0872. The molecule has 0 saturated heterocycles. The molecule has 0 radical (unpaired) electrons. The van der Waals surface area contributed by atoms with Gasteiger partial charge in [0.25, 0.3) is 0 Å². The minimum Gasteiger partial charge on any atom is -0.462 e. The van der Waals surface area contributed by atoms with E-state index < -0.39 is 6.10 Å². The second-order valence-corrected chi connectivity index (χ2v) is 20.6. The van der Waals surface area contributed by atoms with Crippen molar-refractivity contribution in [2.75, 3.05) is 13.2 Å². The number of hydrogen-bond donors (Lipinski definition) is 0. The van der Waals surface area contributed by atoms with E-state index in [0.717, 1.165) is 103 Å². The molecule has 1 atom stereocenters. The van der Waals surface area contributed by atoms with Gasteiger partial charge >= 0.3 is 17.9 Å². The first kappa shape index (κ1) is 68.8. The van der Waals surface area contributed by atoms with Crippen LogP contribution in [0.4, 0.5) is 0 Å². The van der Waals surface area contributed by atoms with E-state index in [4.69, 9.17) is 14.2 Å². The predicted octanol–water partition coefficient (Wildman–Crippen LogP) is 20.9. The van der Waals surface area contributed by atoms with Crippen molar-refractivity contribution < 1.29 is 28.6 Å². The molecule has 0 aliphatic rings. The molecule has 0 aliphatic carbocycles. The first-order chi connectivity index (χ1) is 35.5. The molecule has 0 N–H and O–H groups in total. The molecular formula is C66H116O6. The maximum absolute atomic E-state index is 12.9. The molecule has 0 aromatic heterocycles. The first-order valence-corrected chi connectivity index (χ1v) is 30.9. The largest absolute Gasteiger partial charge is 0.462 e. The summed E-state index contributed by atoms with van der Waals surface area (Å²) in [6, 6.07) is 0. The summed E-state index contributed by atoms with van der Waals surface area (Å²) in [4.78, 5) is 38.2. The van der Waals surface area contributed by atoms with Crippen LogP contribution in [0, 0.1) is 0 Å². The Morgan fingerprint density at radius 1 is 0.292 bits per heavy atom. The number of ether oxygens (including phenoxy) is 3. The minimum atomic E-state index is -0.792. The Hall–Kier alpha value is -3.15. The van der Waals surface area contributed by atoms with Crippen molar-refractivity contribution in [1.82, 2.24) is 0 Å². The van der Waals surface area contributed by atoms with E-state index in [-0.39, 0.29) is 31.1 Å². The quantitative estimate of drug-likeness (QED) is 0.0261. The summed E-state index contributed by atoms with van der Waals surface area (Å²) >= 11 is 0. The fourth-order valence-corrected chi connectivity index (χ4v) is 8.78. The molecule has 0 aromatic carbocycles. The molecule has 0 spiro atoms. The number of carbonyl (C=O) groups excluding carboxylic acids is 3. The number of esters is 3. The molecule has 0 saturated carbocycles. The fraction of sp³-hybridized carbons (Fsp3) is 0.773.